The van der Waals surface area contributed by atoms with E-state index in [1.807, 2.05) is 53.9 Å². The van der Waals surface area contributed by atoms with Gasteiger partial charge in [-0.3, -0.25) is 4.99 Å². The lowest BCUT2D eigenvalue weighted by molar-refractivity contribution is 0.373. The molecule has 0 fully saturated rings. The molecule has 0 amide bonds. The number of phenols is 1. The number of hydrogen-bond acceptors (Lipinski definition) is 5. The summed E-state index contributed by atoms with van der Waals surface area (Å²) in [6, 6.07) is 15.5. The van der Waals surface area contributed by atoms with Crippen LogP contribution in [0.5, 0.6) is 17.2 Å². The zero-order chi connectivity index (χ0) is 17.6. The van der Waals surface area contributed by atoms with Gasteiger partial charge in [0.25, 0.3) is 0 Å². The molecule has 3 rings (SSSR count). The zero-order valence-corrected chi connectivity index (χ0v) is 14.9. The second kappa shape index (κ2) is 7.85. The van der Waals surface area contributed by atoms with Crippen molar-refractivity contribution in [3.8, 4) is 27.7 Å². The van der Waals surface area contributed by atoms with E-state index < -0.39 is 0 Å². The Morgan fingerprint density at radius 1 is 1.08 bits per heavy atom. The molecular formula is C20H19NO3S. The van der Waals surface area contributed by atoms with E-state index in [0.29, 0.717) is 17.9 Å². The second-order valence-corrected chi connectivity index (χ2v) is 6.36. The standard InChI is InChI=1S/C20H19NO3S/c1-23-17-7-5-14(6-8-17)12-21-13-16-10-15(19-4-3-9-25-19)11-18(24-2)20(16)22/h3-11,13,22H,12H2,1-2H3. The first-order chi connectivity index (χ1) is 12.2. The number of ether oxygens (including phenoxy) is 2. The Bertz CT molecular complexity index is 855. The number of benzene rings is 2. The molecule has 25 heavy (non-hydrogen) atoms. The van der Waals surface area contributed by atoms with Crippen molar-refractivity contribution < 1.29 is 14.6 Å². The normalized spacial score (nSPS) is 11.0. The van der Waals surface area contributed by atoms with Crippen LogP contribution >= 0.6 is 11.3 Å². The summed E-state index contributed by atoms with van der Waals surface area (Å²) in [5, 5.41) is 12.4. The van der Waals surface area contributed by atoms with E-state index in [4.69, 9.17) is 9.47 Å². The smallest absolute Gasteiger partial charge is 0.166 e. The fourth-order valence-corrected chi connectivity index (χ4v) is 3.16. The maximum absolute atomic E-state index is 10.3. The van der Waals surface area contributed by atoms with Crippen LogP contribution in [-0.2, 0) is 6.54 Å². The predicted octanol–water partition coefficient (Wildman–Crippen LogP) is 4.76. The Balaban J connectivity index is 1.83. The summed E-state index contributed by atoms with van der Waals surface area (Å²) in [5.41, 5.74) is 2.70. The second-order valence-electron chi connectivity index (χ2n) is 5.41. The lowest BCUT2D eigenvalue weighted by Crippen LogP contribution is -1.91. The van der Waals surface area contributed by atoms with Gasteiger partial charge in [0.2, 0.25) is 0 Å². The van der Waals surface area contributed by atoms with E-state index in [-0.39, 0.29) is 5.75 Å². The number of aliphatic imine (C=N–C) groups is 1. The molecule has 0 radical (unpaired) electrons. The lowest BCUT2D eigenvalue weighted by Gasteiger charge is -2.09. The van der Waals surface area contributed by atoms with Crippen LogP contribution < -0.4 is 9.47 Å². The molecule has 1 heterocycles. The summed E-state index contributed by atoms with van der Waals surface area (Å²) < 4.78 is 10.4. The van der Waals surface area contributed by atoms with Gasteiger partial charge in [-0.05, 0) is 46.8 Å². The first kappa shape index (κ1) is 17.0. The fraction of sp³-hybridized carbons (Fsp3) is 0.150. The van der Waals surface area contributed by atoms with Gasteiger partial charge in [-0.2, -0.15) is 0 Å². The average molecular weight is 353 g/mol. The quantitative estimate of drug-likeness (QED) is 0.650. The van der Waals surface area contributed by atoms with Crippen LogP contribution in [-0.4, -0.2) is 25.5 Å². The highest BCUT2D eigenvalue weighted by atomic mass is 32.1. The molecule has 0 aliphatic rings. The molecule has 1 aromatic heterocycles. The summed E-state index contributed by atoms with van der Waals surface area (Å²) in [7, 11) is 3.19. The summed E-state index contributed by atoms with van der Waals surface area (Å²) in [6.45, 7) is 0.523. The maximum Gasteiger partial charge on any atom is 0.166 e. The molecular weight excluding hydrogens is 334 g/mol. The third kappa shape index (κ3) is 4.00. The van der Waals surface area contributed by atoms with Gasteiger partial charge in [0.15, 0.2) is 11.5 Å². The molecule has 0 spiro atoms. The number of nitrogens with zero attached hydrogens (tertiary/aromatic N) is 1. The third-order valence-electron chi connectivity index (χ3n) is 3.79. The van der Waals surface area contributed by atoms with Gasteiger partial charge in [0.1, 0.15) is 5.75 Å². The van der Waals surface area contributed by atoms with E-state index >= 15 is 0 Å². The Hall–Kier alpha value is -2.79. The van der Waals surface area contributed by atoms with Crippen molar-refractivity contribution in [2.24, 2.45) is 4.99 Å². The molecule has 0 saturated heterocycles. The molecule has 0 aliphatic heterocycles. The van der Waals surface area contributed by atoms with Crippen LogP contribution in [0.4, 0.5) is 0 Å². The average Bonchev–Trinajstić information content (AvgIpc) is 3.18. The summed E-state index contributed by atoms with van der Waals surface area (Å²) in [6.07, 6.45) is 1.68. The highest BCUT2D eigenvalue weighted by molar-refractivity contribution is 7.13. The third-order valence-corrected chi connectivity index (χ3v) is 4.71. The molecule has 0 unspecified atom stereocenters. The van der Waals surface area contributed by atoms with Gasteiger partial charge < -0.3 is 14.6 Å². The topological polar surface area (TPSA) is 51.0 Å². The Labute approximate surface area is 151 Å². The van der Waals surface area contributed by atoms with Crippen LogP contribution in [0.3, 0.4) is 0 Å². The van der Waals surface area contributed by atoms with Crippen LogP contribution in [0.25, 0.3) is 10.4 Å². The molecule has 2 aromatic carbocycles. The largest absolute Gasteiger partial charge is 0.504 e. The molecule has 1 N–H and O–H groups in total. The first-order valence-electron chi connectivity index (χ1n) is 7.79. The van der Waals surface area contributed by atoms with Crippen LogP contribution in [0.2, 0.25) is 0 Å². The molecule has 0 aliphatic carbocycles. The van der Waals surface area contributed by atoms with Gasteiger partial charge in [0.05, 0.1) is 20.8 Å². The van der Waals surface area contributed by atoms with Crippen molar-refractivity contribution in [2.45, 2.75) is 6.54 Å². The van der Waals surface area contributed by atoms with Gasteiger partial charge in [-0.15, -0.1) is 11.3 Å². The monoisotopic (exact) mass is 353 g/mol. The molecule has 3 aromatic rings. The number of aromatic hydroxyl groups is 1. The first-order valence-corrected chi connectivity index (χ1v) is 8.67. The number of rotatable bonds is 6. The van der Waals surface area contributed by atoms with Gasteiger partial charge in [0, 0.05) is 16.7 Å². The Morgan fingerprint density at radius 2 is 1.88 bits per heavy atom. The van der Waals surface area contributed by atoms with Crippen molar-refractivity contribution in [3.63, 3.8) is 0 Å². The number of thiophene rings is 1. The van der Waals surface area contributed by atoms with E-state index in [1.165, 1.54) is 0 Å². The van der Waals surface area contributed by atoms with E-state index in [1.54, 1.807) is 31.8 Å². The molecule has 0 bridgehead atoms. The molecule has 4 nitrogen and oxygen atoms in total. The minimum atomic E-state index is 0.0984. The van der Waals surface area contributed by atoms with Crippen LogP contribution in [0.15, 0.2) is 58.9 Å². The van der Waals surface area contributed by atoms with Crippen molar-refractivity contribution in [1.29, 1.82) is 0 Å². The highest BCUT2D eigenvalue weighted by Crippen LogP contribution is 2.36. The minimum absolute atomic E-state index is 0.0984. The number of phenolic OH excluding ortho intramolecular Hbond substituents is 1. The van der Waals surface area contributed by atoms with Crippen molar-refractivity contribution in [1.82, 2.24) is 0 Å². The molecule has 0 saturated carbocycles. The zero-order valence-electron chi connectivity index (χ0n) is 14.1. The molecule has 128 valence electrons. The van der Waals surface area contributed by atoms with Crippen LogP contribution in [0.1, 0.15) is 11.1 Å². The van der Waals surface area contributed by atoms with E-state index in [0.717, 1.165) is 21.8 Å². The van der Waals surface area contributed by atoms with Crippen LogP contribution in [0, 0.1) is 0 Å². The molecule has 0 atom stereocenters. The fourth-order valence-electron chi connectivity index (χ4n) is 2.45. The predicted molar refractivity (Wildman–Crippen MR) is 102 cm³/mol. The van der Waals surface area contributed by atoms with Gasteiger partial charge in [-0.1, -0.05) is 18.2 Å². The summed E-state index contributed by atoms with van der Waals surface area (Å²) in [5.74, 6) is 1.36. The number of methoxy groups -OCH3 is 2. The SMILES string of the molecule is COc1ccc(CN=Cc2cc(-c3cccs3)cc(OC)c2O)cc1. The Kier molecular flexibility index (Phi) is 5.36. The molecule has 5 heteroatoms. The Morgan fingerprint density at radius 3 is 2.52 bits per heavy atom. The van der Waals surface area contributed by atoms with Crippen molar-refractivity contribution in [3.05, 3.63) is 65.0 Å². The highest BCUT2D eigenvalue weighted by Gasteiger charge is 2.11. The maximum atomic E-state index is 10.3. The minimum Gasteiger partial charge on any atom is -0.504 e. The summed E-state index contributed by atoms with van der Waals surface area (Å²) >= 11 is 1.64. The number of hydrogen-bond donors (Lipinski definition) is 1. The van der Waals surface area contributed by atoms with Gasteiger partial charge >= 0.3 is 0 Å². The van der Waals surface area contributed by atoms with Gasteiger partial charge in [-0.25, -0.2) is 0 Å². The lowest BCUT2D eigenvalue weighted by atomic mass is 10.1. The van der Waals surface area contributed by atoms with Crippen molar-refractivity contribution in [2.75, 3.05) is 14.2 Å². The van der Waals surface area contributed by atoms with E-state index in [9.17, 15) is 5.11 Å². The van der Waals surface area contributed by atoms with Crippen molar-refractivity contribution >= 4 is 17.6 Å². The van der Waals surface area contributed by atoms with E-state index in [2.05, 4.69) is 4.99 Å². The summed E-state index contributed by atoms with van der Waals surface area (Å²) in [4.78, 5) is 5.56.